The lowest BCUT2D eigenvalue weighted by molar-refractivity contribution is -0.00100. The average Bonchev–Trinajstić information content (AvgIpc) is 1.82. The summed E-state index contributed by atoms with van der Waals surface area (Å²) in [6.07, 6.45) is 9.62. The Morgan fingerprint density at radius 3 is 0.714 bits per heavy atom. The summed E-state index contributed by atoms with van der Waals surface area (Å²) in [5.74, 6) is 4.71. The molecule has 4 aliphatic rings. The fourth-order valence-electron chi connectivity index (χ4n) is 3.98. The lowest BCUT2D eigenvalue weighted by Gasteiger charge is -2.49. The maximum Gasteiger partial charge on any atom is 3.00 e. The number of rotatable bonds is 0. The molecule has 0 spiro atoms. The predicted molar refractivity (Wildman–Crippen MR) is 43.8 cm³/mol. The van der Waals surface area contributed by atoms with Gasteiger partial charge in [0.2, 0.25) is 0 Å². The molecular weight excluding hydrogens is 240 g/mol. The van der Waals surface area contributed by atoms with E-state index in [0.717, 1.165) is 0 Å². The van der Waals surface area contributed by atoms with Gasteiger partial charge in [0, 0.05) is 0 Å². The molecule has 2 radical (unpaired) electrons. The molecule has 4 fully saturated rings. The Morgan fingerprint density at radius 1 is 0.429 bits per heavy atom. The molecule has 0 aromatic heterocycles. The second-order valence-corrected chi connectivity index (χ2v) is 4.88. The number of hydrogen-bond acceptors (Lipinski definition) is 0. The summed E-state index contributed by atoms with van der Waals surface area (Å²) in [5, 5.41) is 0. The Bertz CT molecular complexity index is 107. The molecule has 0 heterocycles. The number of nitrogens with zero attached hydrogens (tertiary/aromatic N) is 1. The van der Waals surface area contributed by atoms with E-state index in [4.69, 9.17) is 0 Å². The predicted octanol–water partition coefficient (Wildman–Crippen LogP) is -6.64. The fraction of sp³-hybridized carbons (Fsp3) is 1.00. The van der Waals surface area contributed by atoms with Crippen molar-refractivity contribution in [3.63, 3.8) is 0 Å². The Kier molecular flexibility index (Phi) is 7.56. The van der Waals surface area contributed by atoms with Crippen molar-refractivity contribution in [1.82, 2.24) is 6.15 Å². The highest BCUT2D eigenvalue weighted by atomic mass is 35.5. The van der Waals surface area contributed by atoms with Crippen LogP contribution in [0.15, 0.2) is 0 Å². The first-order valence-corrected chi connectivity index (χ1v) is 4.90. The van der Waals surface area contributed by atoms with E-state index in [-0.39, 0.29) is 43.4 Å². The topological polar surface area (TPSA) is 30.5 Å². The van der Waals surface area contributed by atoms with Gasteiger partial charge in [-0.25, -0.2) is 0 Å². The van der Waals surface area contributed by atoms with Gasteiger partial charge >= 0.3 is 6.15 Å². The highest BCUT2D eigenvalue weighted by molar-refractivity contribution is 4.92. The number of hydrogen-bond donors (Lipinski definition) is 0. The van der Waals surface area contributed by atoms with Crippen LogP contribution in [0.4, 0.5) is 0 Å². The van der Waals surface area contributed by atoms with Crippen molar-refractivity contribution in [3.8, 4) is 0 Å². The molecule has 0 unspecified atom stereocenters. The van der Waals surface area contributed by atoms with Gasteiger partial charge in [-0.15, -0.1) is 0 Å². The van der Waals surface area contributed by atoms with Gasteiger partial charge < -0.3 is 37.2 Å². The van der Waals surface area contributed by atoms with Crippen LogP contribution < -0.4 is 43.4 Å². The molecule has 0 aromatic carbocycles. The van der Waals surface area contributed by atoms with E-state index in [1.165, 1.54) is 23.7 Å². The molecule has 4 bridgehead atoms. The van der Waals surface area contributed by atoms with Gasteiger partial charge in [0.15, 0.2) is 0 Å². The minimum atomic E-state index is 0. The minimum Gasteiger partial charge on any atom is -1.00 e. The zero-order valence-corrected chi connectivity index (χ0v) is 10.4. The summed E-state index contributed by atoms with van der Waals surface area (Å²) in [6, 6.07) is 0. The molecule has 0 saturated heterocycles. The second-order valence-electron chi connectivity index (χ2n) is 4.88. The third-order valence-electron chi connectivity index (χ3n) is 4.00. The molecule has 0 aliphatic heterocycles. The minimum absolute atomic E-state index is 0. The lowest BCUT2D eigenvalue weighted by atomic mass is 9.56. The normalized spacial score (nSPS) is 41.1. The molecule has 0 amide bonds. The monoisotopic (exact) mass is 255 g/mol. The van der Waals surface area contributed by atoms with Crippen LogP contribution >= 0.6 is 0 Å². The van der Waals surface area contributed by atoms with E-state index in [1.807, 2.05) is 0 Å². The Balaban J connectivity index is 0. The molecule has 0 N–H and O–H groups in total. The molecule has 4 heteroatoms. The van der Waals surface area contributed by atoms with Crippen molar-refractivity contribution in [3.05, 3.63) is 0 Å². The van der Waals surface area contributed by atoms with Gasteiger partial charge in [-0.1, -0.05) is 0 Å². The summed E-state index contributed by atoms with van der Waals surface area (Å²) in [7, 11) is 0. The Labute approximate surface area is 106 Å². The maximum absolute atomic E-state index is 1.60. The van der Waals surface area contributed by atoms with Crippen molar-refractivity contribution >= 4 is 0 Å². The maximum atomic E-state index is 1.60. The molecule has 0 aromatic rings. The SMILES string of the molecule is C1C2CC3CC1CC(C2)C3.[Cl-].[Cl-].[Cl-].[N+3]. The van der Waals surface area contributed by atoms with Crippen LogP contribution in [0.2, 0.25) is 0 Å². The van der Waals surface area contributed by atoms with E-state index in [0.29, 0.717) is 0 Å². The van der Waals surface area contributed by atoms with Crippen LogP contribution in [0.3, 0.4) is 0 Å². The lowest BCUT2D eigenvalue weighted by Crippen LogP contribution is -3.00. The van der Waals surface area contributed by atoms with Gasteiger partial charge in [-0.05, 0) is 62.2 Å². The molecule has 82 valence electrons. The van der Waals surface area contributed by atoms with Crippen LogP contribution in [-0.2, 0) is 0 Å². The van der Waals surface area contributed by atoms with E-state index in [2.05, 4.69) is 0 Å². The molecule has 4 saturated carbocycles. The number of halogens is 3. The zero-order chi connectivity index (χ0) is 6.55. The first kappa shape index (κ1) is 17.0. The van der Waals surface area contributed by atoms with E-state index in [9.17, 15) is 0 Å². The van der Waals surface area contributed by atoms with Crippen molar-refractivity contribution in [2.75, 3.05) is 0 Å². The van der Waals surface area contributed by atoms with Gasteiger partial charge in [0.05, 0.1) is 0 Å². The third-order valence-corrected chi connectivity index (χ3v) is 4.00. The van der Waals surface area contributed by atoms with E-state index >= 15 is 0 Å². The molecule has 4 rings (SSSR count). The highest BCUT2D eigenvalue weighted by Gasteiger charge is 3.00. The summed E-state index contributed by atoms with van der Waals surface area (Å²) < 4.78 is 0. The van der Waals surface area contributed by atoms with Gasteiger partial charge in [-0.3, -0.25) is 0 Å². The smallest absolute Gasteiger partial charge is 1.00 e. The zero-order valence-electron chi connectivity index (χ0n) is 8.13. The second kappa shape index (κ2) is 6.23. The summed E-state index contributed by atoms with van der Waals surface area (Å²) >= 11 is 0. The van der Waals surface area contributed by atoms with Crippen molar-refractivity contribution in [2.24, 2.45) is 23.7 Å². The summed E-state index contributed by atoms with van der Waals surface area (Å²) in [4.78, 5) is 0. The van der Waals surface area contributed by atoms with E-state index < -0.39 is 0 Å². The highest BCUT2D eigenvalue weighted by Crippen LogP contribution is 2.53. The molecular formula is C10H16Cl3N. The fourth-order valence-corrected chi connectivity index (χ4v) is 3.98. The molecule has 14 heavy (non-hydrogen) atoms. The first-order valence-electron chi connectivity index (χ1n) is 4.90. The van der Waals surface area contributed by atoms with Crippen LogP contribution in [0.5, 0.6) is 0 Å². The standard InChI is InChI=1S/C10H16.3ClH.N/c1-7-2-9-4-8(1)5-10(3-7)6-9;;;;/h7-10H,1-6H2;3*1H;/q;;;;+3/p-3. The van der Waals surface area contributed by atoms with Crippen LogP contribution in [0, 0.1) is 23.7 Å². The van der Waals surface area contributed by atoms with E-state index in [1.54, 1.807) is 38.5 Å². The van der Waals surface area contributed by atoms with Crippen LogP contribution in [0.1, 0.15) is 38.5 Å². The third kappa shape index (κ3) is 2.79. The van der Waals surface area contributed by atoms with Gasteiger partial charge in [-0.2, -0.15) is 0 Å². The average molecular weight is 257 g/mol. The van der Waals surface area contributed by atoms with Crippen molar-refractivity contribution in [2.45, 2.75) is 38.5 Å². The molecule has 4 aliphatic carbocycles. The summed E-state index contributed by atoms with van der Waals surface area (Å²) in [6.45, 7) is 0. The van der Waals surface area contributed by atoms with Crippen LogP contribution in [-0.4, -0.2) is 0 Å². The largest absolute Gasteiger partial charge is 3.00 e. The quantitative estimate of drug-likeness (QED) is 0.413. The van der Waals surface area contributed by atoms with Crippen LogP contribution in [0.25, 0.3) is 0 Å². The molecule has 0 atom stereocenters. The molecule has 1 nitrogen and oxygen atoms in total. The van der Waals surface area contributed by atoms with Gasteiger partial charge in [0.1, 0.15) is 0 Å². The first-order chi connectivity index (χ1) is 4.90. The summed E-state index contributed by atoms with van der Waals surface area (Å²) in [5.41, 5.74) is 0. The van der Waals surface area contributed by atoms with Crippen molar-refractivity contribution in [1.29, 1.82) is 0 Å². The Morgan fingerprint density at radius 2 is 0.571 bits per heavy atom. The van der Waals surface area contributed by atoms with Gasteiger partial charge in [0.25, 0.3) is 0 Å². The Hall–Kier alpha value is 0.580. The van der Waals surface area contributed by atoms with Crippen molar-refractivity contribution < 1.29 is 37.2 Å².